The molecule has 0 aliphatic rings. The zero-order chi connectivity index (χ0) is 21.7. The molecule has 31 heavy (non-hydrogen) atoms. The first kappa shape index (κ1) is 21.2. The van der Waals surface area contributed by atoms with Crippen LogP contribution in [0.1, 0.15) is 5.76 Å². The average Bonchev–Trinajstić information content (AvgIpc) is 3.30. The van der Waals surface area contributed by atoms with Gasteiger partial charge in [-0.3, -0.25) is 4.79 Å². The zero-order valence-electron chi connectivity index (χ0n) is 16.4. The van der Waals surface area contributed by atoms with Crippen molar-refractivity contribution >= 4 is 44.2 Å². The normalized spacial score (nSPS) is 11.5. The number of benzene rings is 3. The van der Waals surface area contributed by atoms with E-state index in [1.165, 1.54) is 30.2 Å². The Hall–Kier alpha value is -3.07. The number of hydrogen-bond donors (Lipinski definition) is 2. The Morgan fingerprint density at radius 2 is 1.68 bits per heavy atom. The van der Waals surface area contributed by atoms with E-state index in [-0.39, 0.29) is 23.1 Å². The van der Waals surface area contributed by atoms with Crippen molar-refractivity contribution in [3.8, 4) is 0 Å². The van der Waals surface area contributed by atoms with Crippen LogP contribution in [-0.4, -0.2) is 20.1 Å². The smallest absolute Gasteiger partial charge is 0.240 e. The summed E-state index contributed by atoms with van der Waals surface area (Å²) in [6, 6.07) is 23.6. The highest BCUT2D eigenvalue weighted by Crippen LogP contribution is 2.24. The summed E-state index contributed by atoms with van der Waals surface area (Å²) in [6.07, 6.45) is 1.49. The Morgan fingerprint density at radius 3 is 2.42 bits per heavy atom. The molecule has 0 saturated heterocycles. The van der Waals surface area contributed by atoms with Gasteiger partial charge >= 0.3 is 0 Å². The van der Waals surface area contributed by atoms with Gasteiger partial charge in [0.15, 0.2) is 0 Å². The number of rotatable bonds is 8. The summed E-state index contributed by atoms with van der Waals surface area (Å²) in [7, 11) is -3.67. The van der Waals surface area contributed by atoms with Crippen LogP contribution in [0, 0.1) is 0 Å². The number of furan rings is 1. The SMILES string of the molecule is O=C(CSc1ccc2ccccc2c1)Nc1ccc(S(=O)(=O)NCc2ccco2)cc1. The van der Waals surface area contributed by atoms with Crippen molar-refractivity contribution in [2.75, 3.05) is 11.1 Å². The van der Waals surface area contributed by atoms with Gasteiger partial charge < -0.3 is 9.73 Å². The van der Waals surface area contributed by atoms with Crippen LogP contribution in [0.25, 0.3) is 10.8 Å². The quantitative estimate of drug-likeness (QED) is 0.380. The fraction of sp³-hybridized carbons (Fsp3) is 0.0870. The van der Waals surface area contributed by atoms with Gasteiger partial charge in [0.05, 0.1) is 23.5 Å². The second kappa shape index (κ2) is 9.38. The predicted octanol–water partition coefficient (Wildman–Crippen LogP) is 4.64. The molecule has 0 spiro atoms. The Morgan fingerprint density at radius 1 is 0.903 bits per heavy atom. The Bertz CT molecular complexity index is 1280. The molecule has 1 amide bonds. The van der Waals surface area contributed by atoms with Gasteiger partial charge in [0, 0.05) is 10.6 Å². The molecule has 0 atom stereocenters. The maximum atomic E-state index is 12.4. The minimum atomic E-state index is -3.67. The van der Waals surface area contributed by atoms with Gasteiger partial charge in [0.1, 0.15) is 5.76 Å². The third kappa shape index (κ3) is 5.55. The fourth-order valence-corrected chi connectivity index (χ4v) is 4.72. The fourth-order valence-electron chi connectivity index (χ4n) is 2.98. The van der Waals surface area contributed by atoms with E-state index in [0.29, 0.717) is 11.4 Å². The van der Waals surface area contributed by atoms with Crippen LogP contribution in [0.3, 0.4) is 0 Å². The first-order valence-corrected chi connectivity index (χ1v) is 12.0. The molecule has 1 aromatic heterocycles. The lowest BCUT2D eigenvalue weighted by Crippen LogP contribution is -2.23. The third-order valence-corrected chi connectivity index (χ3v) is 6.97. The molecule has 158 valence electrons. The van der Waals surface area contributed by atoms with Crippen molar-refractivity contribution < 1.29 is 17.6 Å². The van der Waals surface area contributed by atoms with Crippen molar-refractivity contribution in [3.63, 3.8) is 0 Å². The van der Waals surface area contributed by atoms with Crippen LogP contribution in [0.2, 0.25) is 0 Å². The van der Waals surface area contributed by atoms with Crippen LogP contribution in [-0.2, 0) is 21.4 Å². The highest BCUT2D eigenvalue weighted by atomic mass is 32.2. The molecule has 0 radical (unpaired) electrons. The van der Waals surface area contributed by atoms with E-state index in [1.807, 2.05) is 36.4 Å². The number of sulfonamides is 1. The van der Waals surface area contributed by atoms with Gasteiger partial charge in [0.25, 0.3) is 0 Å². The minimum absolute atomic E-state index is 0.0693. The molecule has 2 N–H and O–H groups in total. The van der Waals surface area contributed by atoms with E-state index < -0.39 is 10.0 Å². The molecule has 0 aliphatic carbocycles. The highest BCUT2D eigenvalue weighted by Gasteiger charge is 2.14. The first-order valence-electron chi connectivity index (χ1n) is 9.53. The molecule has 0 saturated carbocycles. The lowest BCUT2D eigenvalue weighted by Gasteiger charge is -2.08. The van der Waals surface area contributed by atoms with Gasteiger partial charge in [-0.05, 0) is 59.3 Å². The highest BCUT2D eigenvalue weighted by molar-refractivity contribution is 8.00. The van der Waals surface area contributed by atoms with Gasteiger partial charge in [0.2, 0.25) is 15.9 Å². The van der Waals surface area contributed by atoms with Crippen molar-refractivity contribution in [1.82, 2.24) is 4.72 Å². The number of anilines is 1. The summed E-state index contributed by atoms with van der Waals surface area (Å²) in [5.41, 5.74) is 0.536. The third-order valence-electron chi connectivity index (χ3n) is 4.56. The topological polar surface area (TPSA) is 88.4 Å². The molecule has 4 aromatic rings. The second-order valence-corrected chi connectivity index (χ2v) is 9.59. The first-order chi connectivity index (χ1) is 15.0. The van der Waals surface area contributed by atoms with Crippen molar-refractivity contribution in [1.29, 1.82) is 0 Å². The molecule has 8 heteroatoms. The molecule has 1 heterocycles. The van der Waals surface area contributed by atoms with E-state index in [0.717, 1.165) is 15.7 Å². The van der Waals surface area contributed by atoms with Gasteiger partial charge in [-0.2, -0.15) is 0 Å². The molecule has 6 nitrogen and oxygen atoms in total. The summed E-state index contributed by atoms with van der Waals surface area (Å²) in [5.74, 6) is 0.615. The standard InChI is InChI=1S/C23H20N2O4S2/c26-23(16-30-21-10-7-17-4-1-2-5-18(17)14-21)25-19-8-11-22(12-9-19)31(27,28)24-15-20-6-3-13-29-20/h1-14,24H,15-16H2,(H,25,26). The number of nitrogens with one attached hydrogen (secondary N) is 2. The van der Waals surface area contributed by atoms with E-state index >= 15 is 0 Å². The van der Waals surface area contributed by atoms with E-state index in [1.54, 1.807) is 24.3 Å². The summed E-state index contributed by atoms with van der Waals surface area (Å²) < 4.78 is 32.3. The Labute approximate surface area is 184 Å². The molecular weight excluding hydrogens is 432 g/mol. The van der Waals surface area contributed by atoms with Gasteiger partial charge in [-0.1, -0.05) is 30.3 Å². The predicted molar refractivity (Wildman–Crippen MR) is 122 cm³/mol. The number of hydrogen-bond acceptors (Lipinski definition) is 5. The molecular formula is C23H20N2O4S2. The lowest BCUT2D eigenvalue weighted by molar-refractivity contribution is -0.113. The number of carbonyl (C=O) groups is 1. The lowest BCUT2D eigenvalue weighted by atomic mass is 10.1. The molecule has 0 fully saturated rings. The molecule has 4 rings (SSSR count). The zero-order valence-corrected chi connectivity index (χ0v) is 18.1. The number of fused-ring (bicyclic) bond motifs is 1. The molecule has 0 unspecified atom stereocenters. The number of thioether (sulfide) groups is 1. The van der Waals surface area contributed by atoms with Crippen molar-refractivity contribution in [3.05, 3.63) is 90.9 Å². The van der Waals surface area contributed by atoms with Crippen LogP contribution in [0.15, 0.2) is 99.3 Å². The van der Waals surface area contributed by atoms with Crippen LogP contribution < -0.4 is 10.0 Å². The van der Waals surface area contributed by atoms with Crippen molar-refractivity contribution in [2.24, 2.45) is 0 Å². The second-order valence-electron chi connectivity index (χ2n) is 6.77. The summed E-state index contributed by atoms with van der Waals surface area (Å²) >= 11 is 1.45. The maximum Gasteiger partial charge on any atom is 0.240 e. The Kier molecular flexibility index (Phi) is 6.41. The number of carbonyl (C=O) groups excluding carboxylic acids is 1. The van der Waals surface area contributed by atoms with E-state index in [2.05, 4.69) is 16.1 Å². The van der Waals surface area contributed by atoms with E-state index in [4.69, 9.17) is 4.42 Å². The molecule has 3 aromatic carbocycles. The van der Waals surface area contributed by atoms with E-state index in [9.17, 15) is 13.2 Å². The number of amides is 1. The summed E-state index contributed by atoms with van der Waals surface area (Å²) in [5, 5.41) is 5.08. The van der Waals surface area contributed by atoms with Gasteiger partial charge in [-0.15, -0.1) is 11.8 Å². The van der Waals surface area contributed by atoms with Crippen molar-refractivity contribution in [2.45, 2.75) is 16.3 Å². The van der Waals surface area contributed by atoms with Gasteiger partial charge in [-0.25, -0.2) is 13.1 Å². The largest absolute Gasteiger partial charge is 0.468 e. The van der Waals surface area contributed by atoms with Crippen LogP contribution >= 0.6 is 11.8 Å². The Balaban J connectivity index is 1.32. The van der Waals surface area contributed by atoms with Crippen LogP contribution in [0.5, 0.6) is 0 Å². The maximum absolute atomic E-state index is 12.4. The van der Waals surface area contributed by atoms with Crippen LogP contribution in [0.4, 0.5) is 5.69 Å². The monoisotopic (exact) mass is 452 g/mol. The summed E-state index contributed by atoms with van der Waals surface area (Å²) in [6.45, 7) is 0.0693. The molecule has 0 aliphatic heterocycles. The average molecular weight is 453 g/mol. The molecule has 0 bridgehead atoms. The summed E-state index contributed by atoms with van der Waals surface area (Å²) in [4.78, 5) is 13.4. The minimum Gasteiger partial charge on any atom is -0.468 e.